The van der Waals surface area contributed by atoms with Crippen molar-refractivity contribution in [3.05, 3.63) is 92.4 Å². The summed E-state index contributed by atoms with van der Waals surface area (Å²) in [5.41, 5.74) is 4.37. The van der Waals surface area contributed by atoms with E-state index < -0.39 is 6.04 Å². The number of phenolic OH excluding ortho intramolecular Hbond substituents is 1. The summed E-state index contributed by atoms with van der Waals surface area (Å²) in [5, 5.41) is 17.0. The third kappa shape index (κ3) is 6.43. The molecule has 3 N–H and O–H groups in total. The predicted octanol–water partition coefficient (Wildman–Crippen LogP) is 4.94. The van der Waals surface area contributed by atoms with Crippen LogP contribution in [0.2, 0.25) is 0 Å². The van der Waals surface area contributed by atoms with Crippen LogP contribution < -0.4 is 15.5 Å². The Bertz CT molecular complexity index is 1160. The first-order valence-electron chi connectivity index (χ1n) is 9.88. The summed E-state index contributed by atoms with van der Waals surface area (Å²) in [5.74, 6) is -0.448. The van der Waals surface area contributed by atoms with Gasteiger partial charge in [-0.05, 0) is 55.6 Å². The standard InChI is InChI=1S/C24H21Br2N3O4/c1-33-19-12-17(21(25)22(26)23(19)31)14-27-29-20(30)13-18(15-8-4-2-5-9-15)28-24(32)16-10-6-3-7-11-16/h2-12,14,18,31H,13H2,1H3,(H,28,32)(H,29,30)/b27-14-/t18-/m1/s1. The van der Waals surface area contributed by atoms with Crippen LogP contribution in [-0.2, 0) is 4.79 Å². The van der Waals surface area contributed by atoms with Gasteiger partial charge in [-0.1, -0.05) is 48.5 Å². The molecule has 0 aliphatic heterocycles. The number of rotatable bonds is 8. The summed E-state index contributed by atoms with van der Waals surface area (Å²) in [6.45, 7) is 0. The van der Waals surface area contributed by atoms with Gasteiger partial charge in [0.25, 0.3) is 5.91 Å². The Labute approximate surface area is 208 Å². The van der Waals surface area contributed by atoms with E-state index in [1.807, 2.05) is 36.4 Å². The second kappa shape index (κ2) is 11.6. The number of halogens is 2. The molecule has 0 saturated carbocycles. The highest BCUT2D eigenvalue weighted by atomic mass is 79.9. The molecule has 1 atom stereocenters. The first-order chi connectivity index (χ1) is 15.9. The summed E-state index contributed by atoms with van der Waals surface area (Å²) < 4.78 is 6.09. The molecule has 3 rings (SSSR count). The first kappa shape index (κ1) is 24.5. The molecule has 33 heavy (non-hydrogen) atoms. The molecule has 0 aliphatic carbocycles. The molecular weight excluding hydrogens is 554 g/mol. The van der Waals surface area contributed by atoms with Crippen molar-refractivity contribution in [2.75, 3.05) is 7.11 Å². The monoisotopic (exact) mass is 573 g/mol. The fraction of sp³-hybridized carbons (Fsp3) is 0.125. The van der Waals surface area contributed by atoms with E-state index in [-0.39, 0.29) is 29.7 Å². The third-order valence-corrected chi connectivity index (χ3v) is 6.88. The van der Waals surface area contributed by atoms with Crippen LogP contribution in [0.25, 0.3) is 0 Å². The number of hydrogen-bond acceptors (Lipinski definition) is 5. The first-order valence-corrected chi connectivity index (χ1v) is 11.5. The van der Waals surface area contributed by atoms with Crippen molar-refractivity contribution in [1.29, 1.82) is 0 Å². The van der Waals surface area contributed by atoms with Gasteiger partial charge in [0, 0.05) is 15.6 Å². The topological polar surface area (TPSA) is 100 Å². The van der Waals surface area contributed by atoms with E-state index in [0.717, 1.165) is 5.56 Å². The zero-order valence-electron chi connectivity index (χ0n) is 17.6. The number of carbonyl (C=O) groups is 2. The summed E-state index contributed by atoms with van der Waals surface area (Å²) in [4.78, 5) is 25.3. The second-order valence-corrected chi connectivity index (χ2v) is 8.53. The highest BCUT2D eigenvalue weighted by Crippen LogP contribution is 2.41. The molecule has 0 heterocycles. The fourth-order valence-electron chi connectivity index (χ4n) is 3.03. The molecule has 0 spiro atoms. The number of hydrazone groups is 1. The van der Waals surface area contributed by atoms with E-state index in [9.17, 15) is 14.7 Å². The van der Waals surface area contributed by atoms with Crippen molar-refractivity contribution >= 4 is 49.9 Å². The highest BCUT2D eigenvalue weighted by molar-refractivity contribution is 9.13. The lowest BCUT2D eigenvalue weighted by molar-refractivity contribution is -0.121. The van der Waals surface area contributed by atoms with Crippen LogP contribution >= 0.6 is 31.9 Å². The van der Waals surface area contributed by atoms with Gasteiger partial charge in [-0.15, -0.1) is 0 Å². The summed E-state index contributed by atoms with van der Waals surface area (Å²) in [7, 11) is 1.44. The van der Waals surface area contributed by atoms with Crippen LogP contribution in [0.15, 0.2) is 80.8 Å². The number of methoxy groups -OCH3 is 1. The van der Waals surface area contributed by atoms with Gasteiger partial charge in [-0.2, -0.15) is 5.10 Å². The number of hydrogen-bond donors (Lipinski definition) is 3. The molecule has 0 radical (unpaired) electrons. The Morgan fingerprint density at radius 3 is 2.33 bits per heavy atom. The number of benzene rings is 3. The minimum atomic E-state index is -0.538. The Hall–Kier alpha value is -3.17. The van der Waals surface area contributed by atoms with Gasteiger partial charge in [0.05, 0.1) is 30.3 Å². The molecule has 0 saturated heterocycles. The fourth-order valence-corrected chi connectivity index (χ4v) is 3.86. The molecule has 7 nitrogen and oxygen atoms in total. The molecule has 0 aromatic heterocycles. The molecule has 0 bridgehead atoms. The van der Waals surface area contributed by atoms with Crippen LogP contribution in [0.4, 0.5) is 0 Å². The number of aromatic hydroxyl groups is 1. The molecule has 170 valence electrons. The SMILES string of the molecule is COc1cc(/C=N\NC(=O)C[C@@H](NC(=O)c2ccccc2)c2ccccc2)c(Br)c(Br)c1O. The van der Waals surface area contributed by atoms with Crippen LogP contribution in [0.1, 0.15) is 33.9 Å². The maximum absolute atomic E-state index is 12.7. The van der Waals surface area contributed by atoms with Crippen molar-refractivity contribution in [1.82, 2.24) is 10.7 Å². The van der Waals surface area contributed by atoms with E-state index in [1.165, 1.54) is 13.3 Å². The van der Waals surface area contributed by atoms with Gasteiger partial charge in [-0.25, -0.2) is 5.43 Å². The number of nitrogens with zero attached hydrogens (tertiary/aromatic N) is 1. The Morgan fingerprint density at radius 2 is 1.70 bits per heavy atom. The summed E-state index contributed by atoms with van der Waals surface area (Å²) >= 11 is 6.65. The minimum Gasteiger partial charge on any atom is -0.503 e. The number of amides is 2. The van der Waals surface area contributed by atoms with Crippen LogP contribution in [-0.4, -0.2) is 30.2 Å². The number of phenols is 1. The van der Waals surface area contributed by atoms with Gasteiger partial charge in [-0.3, -0.25) is 9.59 Å². The zero-order valence-corrected chi connectivity index (χ0v) is 20.8. The van der Waals surface area contributed by atoms with E-state index in [2.05, 4.69) is 47.7 Å². The molecule has 0 unspecified atom stereocenters. The van der Waals surface area contributed by atoms with Crippen molar-refractivity contribution in [2.24, 2.45) is 5.10 Å². The Kier molecular flexibility index (Phi) is 8.62. The summed E-state index contributed by atoms with van der Waals surface area (Å²) in [6, 6.07) is 19.1. The van der Waals surface area contributed by atoms with Gasteiger partial charge in [0.1, 0.15) is 0 Å². The normalized spacial score (nSPS) is 11.7. The Morgan fingerprint density at radius 1 is 1.06 bits per heavy atom. The maximum atomic E-state index is 12.7. The van der Waals surface area contributed by atoms with Crippen molar-refractivity contribution in [2.45, 2.75) is 12.5 Å². The summed E-state index contributed by atoms with van der Waals surface area (Å²) in [6.07, 6.45) is 1.42. The van der Waals surface area contributed by atoms with E-state index in [0.29, 0.717) is 20.1 Å². The number of carbonyl (C=O) groups excluding carboxylic acids is 2. The van der Waals surface area contributed by atoms with Crippen molar-refractivity contribution in [3.63, 3.8) is 0 Å². The van der Waals surface area contributed by atoms with E-state index >= 15 is 0 Å². The van der Waals surface area contributed by atoms with Gasteiger partial charge in [0.2, 0.25) is 5.91 Å². The largest absolute Gasteiger partial charge is 0.503 e. The lowest BCUT2D eigenvalue weighted by Gasteiger charge is -2.18. The van der Waals surface area contributed by atoms with Crippen LogP contribution in [0.5, 0.6) is 11.5 Å². The van der Waals surface area contributed by atoms with Gasteiger partial charge in [0.15, 0.2) is 11.5 Å². The maximum Gasteiger partial charge on any atom is 0.251 e. The van der Waals surface area contributed by atoms with Gasteiger partial charge < -0.3 is 15.2 Å². The average molecular weight is 575 g/mol. The molecule has 0 fully saturated rings. The lowest BCUT2D eigenvalue weighted by Crippen LogP contribution is -2.32. The molecule has 0 aliphatic rings. The number of ether oxygens (including phenoxy) is 1. The van der Waals surface area contributed by atoms with Crippen LogP contribution in [0, 0.1) is 0 Å². The smallest absolute Gasteiger partial charge is 0.251 e. The van der Waals surface area contributed by atoms with Crippen LogP contribution in [0.3, 0.4) is 0 Å². The Balaban J connectivity index is 1.71. The third-order valence-electron chi connectivity index (χ3n) is 4.72. The minimum absolute atomic E-state index is 0.0102. The van der Waals surface area contributed by atoms with E-state index in [4.69, 9.17) is 4.74 Å². The highest BCUT2D eigenvalue weighted by Gasteiger charge is 2.19. The molecule has 3 aromatic rings. The predicted molar refractivity (Wildman–Crippen MR) is 134 cm³/mol. The second-order valence-electron chi connectivity index (χ2n) is 6.94. The molecule has 9 heteroatoms. The quantitative estimate of drug-likeness (QED) is 0.262. The lowest BCUT2D eigenvalue weighted by atomic mass is 10.0. The average Bonchev–Trinajstić information content (AvgIpc) is 2.84. The zero-order chi connectivity index (χ0) is 23.8. The van der Waals surface area contributed by atoms with Gasteiger partial charge >= 0.3 is 0 Å². The van der Waals surface area contributed by atoms with Crippen molar-refractivity contribution in [3.8, 4) is 11.5 Å². The van der Waals surface area contributed by atoms with E-state index in [1.54, 1.807) is 30.3 Å². The van der Waals surface area contributed by atoms with Crippen molar-refractivity contribution < 1.29 is 19.4 Å². The molecule has 3 aromatic carbocycles. The molecular formula is C24H21Br2N3O4. The molecule has 2 amide bonds. The number of nitrogens with one attached hydrogen (secondary N) is 2.